The number of aryl methyl sites for hydroxylation is 2. The molecule has 0 aliphatic heterocycles. The van der Waals surface area contributed by atoms with E-state index < -0.39 is 10.8 Å². The molecule has 1 aromatic heterocycles. The first kappa shape index (κ1) is 25.8. The lowest BCUT2D eigenvalue weighted by Gasteiger charge is -2.30. The third-order valence-corrected chi connectivity index (χ3v) is 7.37. The van der Waals surface area contributed by atoms with E-state index in [1.807, 2.05) is 25.4 Å². The molecule has 31 heavy (non-hydrogen) atoms. The first-order valence-electron chi connectivity index (χ1n) is 11.2. The van der Waals surface area contributed by atoms with Crippen molar-refractivity contribution in [2.75, 3.05) is 12.3 Å². The van der Waals surface area contributed by atoms with Crippen molar-refractivity contribution in [2.24, 2.45) is 4.99 Å². The zero-order valence-electron chi connectivity index (χ0n) is 18.6. The highest BCUT2D eigenvalue weighted by molar-refractivity contribution is 14.0. The highest BCUT2D eigenvalue weighted by Crippen LogP contribution is 2.23. The molecule has 0 spiro atoms. The largest absolute Gasteiger partial charge is 0.357 e. The summed E-state index contributed by atoms with van der Waals surface area (Å²) < 4.78 is 14.4. The summed E-state index contributed by atoms with van der Waals surface area (Å²) in [4.78, 5) is 9.30. The monoisotopic (exact) mass is 557 g/mol. The molecule has 2 aromatic rings. The molecule has 0 radical (unpaired) electrons. The number of hydrogen-bond donors (Lipinski definition) is 2. The Bertz CT molecular complexity index is 826. The molecular weight excluding hydrogens is 521 g/mol. The van der Waals surface area contributed by atoms with Crippen LogP contribution in [0.1, 0.15) is 50.9 Å². The van der Waals surface area contributed by atoms with Crippen molar-refractivity contribution < 1.29 is 4.21 Å². The zero-order chi connectivity index (χ0) is 21.2. The second kappa shape index (κ2) is 13.9. The van der Waals surface area contributed by atoms with E-state index >= 15 is 0 Å². The molecule has 0 bridgehead atoms. The molecule has 1 aromatic carbocycles. The van der Waals surface area contributed by atoms with E-state index in [2.05, 4.69) is 51.4 Å². The predicted molar refractivity (Wildman–Crippen MR) is 140 cm³/mol. The molecule has 2 N–H and O–H groups in total. The summed E-state index contributed by atoms with van der Waals surface area (Å²) in [6.07, 6.45) is 9.11. The van der Waals surface area contributed by atoms with Gasteiger partial charge >= 0.3 is 0 Å². The van der Waals surface area contributed by atoms with Crippen LogP contribution in [-0.4, -0.2) is 43.3 Å². The van der Waals surface area contributed by atoms with Gasteiger partial charge in [0, 0.05) is 53.3 Å². The number of rotatable bonds is 9. The van der Waals surface area contributed by atoms with Crippen LogP contribution in [0.3, 0.4) is 0 Å². The van der Waals surface area contributed by atoms with Gasteiger partial charge in [0.2, 0.25) is 0 Å². The molecule has 1 aliphatic carbocycles. The van der Waals surface area contributed by atoms with Crippen LogP contribution in [0.15, 0.2) is 47.7 Å². The predicted octanol–water partition coefficient (Wildman–Crippen LogP) is 3.88. The Labute approximate surface area is 206 Å². The van der Waals surface area contributed by atoms with Crippen LogP contribution >= 0.6 is 24.0 Å². The Balaban J connectivity index is 0.00000341. The molecule has 1 fully saturated rings. The summed E-state index contributed by atoms with van der Waals surface area (Å²) in [5.74, 6) is 2.54. The molecule has 1 saturated carbocycles. The summed E-state index contributed by atoms with van der Waals surface area (Å²) in [7, 11) is -0.716. The number of aliphatic imine (C=N–C) groups is 1. The van der Waals surface area contributed by atoms with Gasteiger partial charge in [0.15, 0.2) is 5.96 Å². The van der Waals surface area contributed by atoms with E-state index in [-0.39, 0.29) is 24.0 Å². The van der Waals surface area contributed by atoms with Crippen molar-refractivity contribution in [3.05, 3.63) is 54.1 Å². The van der Waals surface area contributed by atoms with Gasteiger partial charge in [-0.1, -0.05) is 43.7 Å². The number of nitrogens with zero attached hydrogens (tertiary/aromatic N) is 3. The Morgan fingerprint density at radius 1 is 1.26 bits per heavy atom. The second-order valence-corrected chi connectivity index (χ2v) is 9.77. The Kier molecular flexibility index (Phi) is 11.6. The maximum atomic E-state index is 12.2. The van der Waals surface area contributed by atoms with Crippen molar-refractivity contribution in [3.63, 3.8) is 0 Å². The van der Waals surface area contributed by atoms with Crippen LogP contribution < -0.4 is 10.6 Å². The van der Waals surface area contributed by atoms with Crippen molar-refractivity contribution in [1.82, 2.24) is 20.2 Å². The Morgan fingerprint density at radius 2 is 2.06 bits per heavy atom. The lowest BCUT2D eigenvalue weighted by Crippen LogP contribution is -2.46. The number of imidazole rings is 1. The van der Waals surface area contributed by atoms with Crippen LogP contribution in [0.4, 0.5) is 0 Å². The molecule has 0 amide bonds. The summed E-state index contributed by atoms with van der Waals surface area (Å²) >= 11 is 0. The molecule has 6 nitrogen and oxygen atoms in total. The highest BCUT2D eigenvalue weighted by Gasteiger charge is 2.26. The average Bonchev–Trinajstić information content (AvgIpc) is 3.24. The number of benzene rings is 1. The molecule has 8 heteroatoms. The van der Waals surface area contributed by atoms with Gasteiger partial charge < -0.3 is 15.2 Å². The van der Waals surface area contributed by atoms with Crippen molar-refractivity contribution >= 4 is 40.7 Å². The number of guanidine groups is 1. The van der Waals surface area contributed by atoms with Crippen LogP contribution in [0.25, 0.3) is 0 Å². The fourth-order valence-corrected chi connectivity index (χ4v) is 5.35. The van der Waals surface area contributed by atoms with E-state index in [9.17, 15) is 4.21 Å². The van der Waals surface area contributed by atoms with Gasteiger partial charge in [-0.3, -0.25) is 4.21 Å². The topological polar surface area (TPSA) is 71.3 Å². The molecule has 3 rings (SSSR count). The van der Waals surface area contributed by atoms with Crippen LogP contribution in [0, 0.1) is 0 Å². The highest BCUT2D eigenvalue weighted by atomic mass is 127. The molecule has 1 aliphatic rings. The molecule has 3 unspecified atom stereocenters. The lowest BCUT2D eigenvalue weighted by molar-refractivity contribution is 0.413. The van der Waals surface area contributed by atoms with E-state index in [0.717, 1.165) is 62.7 Å². The first-order chi connectivity index (χ1) is 14.7. The maximum Gasteiger partial charge on any atom is 0.191 e. The Morgan fingerprint density at radius 3 is 2.81 bits per heavy atom. The van der Waals surface area contributed by atoms with E-state index in [0.29, 0.717) is 17.8 Å². The quantitative estimate of drug-likeness (QED) is 0.279. The molecule has 3 atom stereocenters. The van der Waals surface area contributed by atoms with Gasteiger partial charge in [0.1, 0.15) is 12.4 Å². The minimum atomic E-state index is -0.716. The van der Waals surface area contributed by atoms with Gasteiger partial charge in [0.25, 0.3) is 0 Å². The molecule has 0 saturated heterocycles. The van der Waals surface area contributed by atoms with E-state index in [1.165, 1.54) is 5.56 Å². The number of halogens is 1. The number of nitrogens with one attached hydrogen (secondary N) is 2. The van der Waals surface area contributed by atoms with Crippen molar-refractivity contribution in [2.45, 2.75) is 70.3 Å². The maximum absolute atomic E-state index is 12.2. The summed E-state index contributed by atoms with van der Waals surface area (Å²) in [5, 5.41) is 7.23. The van der Waals surface area contributed by atoms with Gasteiger partial charge in [-0.15, -0.1) is 24.0 Å². The summed E-state index contributed by atoms with van der Waals surface area (Å²) in [6, 6.07) is 10.8. The minimum Gasteiger partial charge on any atom is -0.357 e. The van der Waals surface area contributed by atoms with Gasteiger partial charge in [-0.05, 0) is 38.2 Å². The SMILES string of the molecule is CCNC(=NCc1nccn1CCc1ccccc1)NC1CCCC(S(=O)CC)C1.I. The minimum absolute atomic E-state index is 0. The first-order valence-corrected chi connectivity index (χ1v) is 12.5. The number of hydrogen-bond acceptors (Lipinski definition) is 3. The summed E-state index contributed by atoms with van der Waals surface area (Å²) in [5.41, 5.74) is 1.33. The lowest BCUT2D eigenvalue weighted by atomic mass is 9.95. The van der Waals surface area contributed by atoms with Crippen molar-refractivity contribution in [1.29, 1.82) is 0 Å². The Hall–Kier alpha value is -1.42. The fourth-order valence-electron chi connectivity index (χ4n) is 4.00. The van der Waals surface area contributed by atoms with Crippen LogP contribution in [-0.2, 0) is 30.3 Å². The third-order valence-electron chi connectivity index (χ3n) is 5.63. The third kappa shape index (κ3) is 8.21. The molecule has 1 heterocycles. The normalized spacial score (nSPS) is 20.0. The standard InChI is InChI=1S/C23H35N5OS.HI/c1-3-24-23(27-20-11-8-12-21(17-20)30(29)4-2)26-18-22-25-14-16-28(22)15-13-19-9-6-5-7-10-19;/h5-7,9-10,14,16,20-21H,3-4,8,11-13,15,17-18H2,1-2H3,(H2,24,26,27);1H. The molecular formula is C23H36IN5OS. The average molecular weight is 558 g/mol. The fraction of sp³-hybridized carbons (Fsp3) is 0.565. The van der Waals surface area contributed by atoms with Gasteiger partial charge in [0.05, 0.1) is 0 Å². The molecule has 172 valence electrons. The van der Waals surface area contributed by atoms with Crippen molar-refractivity contribution in [3.8, 4) is 0 Å². The van der Waals surface area contributed by atoms with E-state index in [4.69, 9.17) is 4.99 Å². The zero-order valence-corrected chi connectivity index (χ0v) is 21.8. The van der Waals surface area contributed by atoms with E-state index in [1.54, 1.807) is 0 Å². The van der Waals surface area contributed by atoms with Crippen LogP contribution in [0.5, 0.6) is 0 Å². The van der Waals surface area contributed by atoms with Gasteiger partial charge in [-0.2, -0.15) is 0 Å². The van der Waals surface area contributed by atoms with Gasteiger partial charge in [-0.25, -0.2) is 9.98 Å². The van der Waals surface area contributed by atoms with Crippen LogP contribution in [0.2, 0.25) is 0 Å². The number of aromatic nitrogens is 2. The second-order valence-electron chi connectivity index (χ2n) is 7.77. The smallest absolute Gasteiger partial charge is 0.191 e. The summed E-state index contributed by atoms with van der Waals surface area (Å²) in [6.45, 7) is 6.33.